The van der Waals surface area contributed by atoms with Gasteiger partial charge in [0.25, 0.3) is 0 Å². The predicted molar refractivity (Wildman–Crippen MR) is 103 cm³/mol. The third-order valence-corrected chi connectivity index (χ3v) is 5.87. The van der Waals surface area contributed by atoms with Gasteiger partial charge in [0.2, 0.25) is 5.91 Å². The zero-order valence-electron chi connectivity index (χ0n) is 16.6. The molecule has 0 bridgehead atoms. The van der Waals surface area contributed by atoms with Crippen LogP contribution in [-0.2, 0) is 11.3 Å². The second-order valence-corrected chi connectivity index (χ2v) is 8.16. The van der Waals surface area contributed by atoms with Crippen molar-refractivity contribution in [3.63, 3.8) is 0 Å². The Morgan fingerprint density at radius 3 is 2.65 bits per heavy atom. The number of benzene rings is 1. The molecule has 144 valence electrons. The Morgan fingerprint density at radius 1 is 1.15 bits per heavy atom. The Hall–Kier alpha value is -1.75. The van der Waals surface area contributed by atoms with Crippen LogP contribution < -0.4 is 9.47 Å². The van der Waals surface area contributed by atoms with E-state index >= 15 is 0 Å². The van der Waals surface area contributed by atoms with Crippen LogP contribution in [0, 0.1) is 11.3 Å². The minimum absolute atomic E-state index is 0.0911. The lowest BCUT2D eigenvalue weighted by atomic mass is 9.79. The molecule has 5 heteroatoms. The molecule has 3 rings (SSSR count). The number of methoxy groups -OCH3 is 2. The number of nitrogens with zero attached hydrogens (tertiary/aromatic N) is 2. The van der Waals surface area contributed by atoms with Crippen molar-refractivity contribution < 1.29 is 14.3 Å². The summed E-state index contributed by atoms with van der Waals surface area (Å²) in [5, 5.41) is 0. The van der Waals surface area contributed by atoms with Gasteiger partial charge in [0, 0.05) is 49.1 Å². The van der Waals surface area contributed by atoms with E-state index in [9.17, 15) is 4.79 Å². The predicted octanol–water partition coefficient (Wildman–Crippen LogP) is 3.17. The first-order valence-electron chi connectivity index (χ1n) is 9.68. The van der Waals surface area contributed by atoms with E-state index in [4.69, 9.17) is 9.47 Å². The van der Waals surface area contributed by atoms with E-state index in [0.29, 0.717) is 5.91 Å². The average molecular weight is 360 g/mol. The molecule has 26 heavy (non-hydrogen) atoms. The van der Waals surface area contributed by atoms with Gasteiger partial charge in [-0.25, -0.2) is 0 Å². The van der Waals surface area contributed by atoms with Gasteiger partial charge >= 0.3 is 0 Å². The van der Waals surface area contributed by atoms with Crippen molar-refractivity contribution in [3.8, 4) is 11.5 Å². The Morgan fingerprint density at radius 2 is 1.96 bits per heavy atom. The van der Waals surface area contributed by atoms with Gasteiger partial charge in [0.15, 0.2) is 0 Å². The maximum Gasteiger partial charge on any atom is 0.225 e. The van der Waals surface area contributed by atoms with Crippen LogP contribution in [-0.4, -0.2) is 56.1 Å². The third-order valence-electron chi connectivity index (χ3n) is 5.87. The van der Waals surface area contributed by atoms with Crippen LogP contribution in [0.2, 0.25) is 0 Å². The molecule has 1 atom stereocenters. The summed E-state index contributed by atoms with van der Waals surface area (Å²) < 4.78 is 10.9. The van der Waals surface area contributed by atoms with E-state index < -0.39 is 0 Å². The van der Waals surface area contributed by atoms with Gasteiger partial charge in [-0.15, -0.1) is 0 Å². The number of likely N-dealkylation sites (tertiary alicyclic amines) is 2. The molecule has 0 saturated carbocycles. The molecule has 2 saturated heterocycles. The van der Waals surface area contributed by atoms with Crippen molar-refractivity contribution in [2.75, 3.05) is 40.4 Å². The number of amides is 1. The average Bonchev–Trinajstić information content (AvgIpc) is 3.04. The molecular formula is C21H32N2O3. The van der Waals surface area contributed by atoms with Gasteiger partial charge in [-0.3, -0.25) is 9.69 Å². The molecule has 0 unspecified atom stereocenters. The van der Waals surface area contributed by atoms with E-state index in [-0.39, 0.29) is 11.3 Å². The fraction of sp³-hybridized carbons (Fsp3) is 0.667. The van der Waals surface area contributed by atoms with Gasteiger partial charge < -0.3 is 14.4 Å². The van der Waals surface area contributed by atoms with Crippen LogP contribution >= 0.6 is 0 Å². The van der Waals surface area contributed by atoms with Crippen molar-refractivity contribution in [3.05, 3.63) is 23.8 Å². The molecular weight excluding hydrogens is 328 g/mol. The zero-order valence-corrected chi connectivity index (χ0v) is 16.6. The van der Waals surface area contributed by atoms with Gasteiger partial charge in [0.1, 0.15) is 11.5 Å². The molecule has 2 heterocycles. The highest BCUT2D eigenvalue weighted by Gasteiger charge is 2.43. The fourth-order valence-corrected chi connectivity index (χ4v) is 4.49. The Balaban J connectivity index is 1.67. The van der Waals surface area contributed by atoms with Crippen molar-refractivity contribution in [1.29, 1.82) is 0 Å². The molecule has 1 aromatic rings. The zero-order chi connectivity index (χ0) is 18.7. The second kappa shape index (κ2) is 7.87. The van der Waals surface area contributed by atoms with E-state index in [1.807, 2.05) is 26.0 Å². The Bertz CT molecular complexity index is 646. The normalized spacial score (nSPS) is 23.7. The number of rotatable bonds is 5. The molecule has 2 aliphatic rings. The monoisotopic (exact) mass is 360 g/mol. The van der Waals surface area contributed by atoms with Crippen molar-refractivity contribution in [2.45, 2.75) is 39.7 Å². The van der Waals surface area contributed by atoms with E-state index in [1.165, 1.54) is 18.4 Å². The molecule has 0 aromatic heterocycles. The first kappa shape index (κ1) is 19.0. The topological polar surface area (TPSA) is 42.0 Å². The molecule has 2 aliphatic heterocycles. The highest BCUT2D eigenvalue weighted by molar-refractivity contribution is 5.78. The minimum atomic E-state index is 0.0911. The molecule has 2 fully saturated rings. The van der Waals surface area contributed by atoms with Gasteiger partial charge in [0.05, 0.1) is 14.2 Å². The maximum absolute atomic E-state index is 12.4. The fourth-order valence-electron chi connectivity index (χ4n) is 4.49. The Kier molecular flexibility index (Phi) is 5.76. The second-order valence-electron chi connectivity index (χ2n) is 8.16. The number of piperidine rings is 1. The number of hydrogen-bond donors (Lipinski definition) is 0. The van der Waals surface area contributed by atoms with E-state index in [0.717, 1.165) is 50.6 Å². The molecule has 1 aromatic carbocycles. The quantitative estimate of drug-likeness (QED) is 0.809. The molecule has 1 amide bonds. The molecule has 1 spiro atoms. The highest BCUT2D eigenvalue weighted by Crippen LogP contribution is 2.40. The molecule has 0 N–H and O–H groups in total. The van der Waals surface area contributed by atoms with Crippen LogP contribution in [0.15, 0.2) is 18.2 Å². The smallest absolute Gasteiger partial charge is 0.225 e. The van der Waals surface area contributed by atoms with Crippen LogP contribution in [0.25, 0.3) is 0 Å². The van der Waals surface area contributed by atoms with Crippen molar-refractivity contribution in [2.24, 2.45) is 11.3 Å². The Labute approximate surface area is 157 Å². The SMILES string of the molecule is COc1ccc(CN2CCC[C@@]3(CCN(C(=O)C(C)C)C3)C2)c(OC)c1. The first-order valence-corrected chi connectivity index (χ1v) is 9.68. The summed E-state index contributed by atoms with van der Waals surface area (Å²) in [4.78, 5) is 17.0. The maximum atomic E-state index is 12.4. The van der Waals surface area contributed by atoms with Crippen LogP contribution in [0.4, 0.5) is 0 Å². The molecule has 0 aliphatic carbocycles. The van der Waals surface area contributed by atoms with Gasteiger partial charge in [-0.2, -0.15) is 0 Å². The standard InChI is InChI=1S/C21H32N2O3/c1-16(2)20(24)23-11-9-21(15-23)8-5-10-22(14-21)13-17-6-7-18(25-3)12-19(17)26-4/h6-7,12,16H,5,8-11,13-15H2,1-4H3/t21-/m1/s1. The van der Waals surface area contributed by atoms with E-state index in [2.05, 4.69) is 15.9 Å². The summed E-state index contributed by atoms with van der Waals surface area (Å²) in [5.74, 6) is 2.09. The van der Waals surface area contributed by atoms with Gasteiger partial charge in [-0.05, 0) is 31.9 Å². The summed E-state index contributed by atoms with van der Waals surface area (Å²) in [5.41, 5.74) is 1.46. The lowest BCUT2D eigenvalue weighted by Crippen LogP contribution is -2.45. The summed E-state index contributed by atoms with van der Waals surface area (Å²) in [6.45, 7) is 8.87. The third kappa shape index (κ3) is 3.98. The van der Waals surface area contributed by atoms with Crippen LogP contribution in [0.5, 0.6) is 11.5 Å². The van der Waals surface area contributed by atoms with Crippen LogP contribution in [0.3, 0.4) is 0 Å². The lowest BCUT2D eigenvalue weighted by molar-refractivity contribution is -0.134. The van der Waals surface area contributed by atoms with E-state index in [1.54, 1.807) is 14.2 Å². The highest BCUT2D eigenvalue weighted by atomic mass is 16.5. The number of ether oxygens (including phenoxy) is 2. The number of carbonyl (C=O) groups excluding carboxylic acids is 1. The molecule has 0 radical (unpaired) electrons. The summed E-state index contributed by atoms with van der Waals surface area (Å²) in [6, 6.07) is 6.05. The van der Waals surface area contributed by atoms with Crippen molar-refractivity contribution in [1.82, 2.24) is 9.80 Å². The number of hydrogen-bond acceptors (Lipinski definition) is 4. The number of carbonyl (C=O) groups is 1. The van der Waals surface area contributed by atoms with Gasteiger partial charge in [-0.1, -0.05) is 19.9 Å². The summed E-state index contributed by atoms with van der Waals surface area (Å²) in [6.07, 6.45) is 3.55. The summed E-state index contributed by atoms with van der Waals surface area (Å²) >= 11 is 0. The lowest BCUT2D eigenvalue weighted by Gasteiger charge is -2.40. The molecule has 5 nitrogen and oxygen atoms in total. The summed E-state index contributed by atoms with van der Waals surface area (Å²) in [7, 11) is 3.38. The largest absolute Gasteiger partial charge is 0.497 e. The minimum Gasteiger partial charge on any atom is -0.497 e. The van der Waals surface area contributed by atoms with Crippen molar-refractivity contribution >= 4 is 5.91 Å². The first-order chi connectivity index (χ1) is 12.5. The van der Waals surface area contributed by atoms with Crippen LogP contribution in [0.1, 0.15) is 38.7 Å².